The minimum Gasteiger partial charge on any atom is -0.478 e. The van der Waals surface area contributed by atoms with Gasteiger partial charge >= 0.3 is 5.97 Å². The first-order chi connectivity index (χ1) is 8.47. The number of anilines is 1. The normalized spacial score (nSPS) is 15.5. The van der Waals surface area contributed by atoms with Gasteiger partial charge in [-0.15, -0.1) is 0 Å². The second kappa shape index (κ2) is 4.77. The number of benzene rings is 1. The van der Waals surface area contributed by atoms with E-state index in [1.807, 2.05) is 0 Å². The third kappa shape index (κ3) is 2.51. The molecule has 1 aromatic rings. The molecule has 94 valence electrons. The number of nitrogens with zero attached hydrogens (tertiary/aromatic N) is 1. The highest BCUT2D eigenvalue weighted by Crippen LogP contribution is 2.27. The van der Waals surface area contributed by atoms with Crippen molar-refractivity contribution in [2.75, 3.05) is 18.0 Å². The number of carboxylic acids is 1. The molecular formula is C11H9BrN2O4. The summed E-state index contributed by atoms with van der Waals surface area (Å²) in [5, 5.41) is 11.0. The van der Waals surface area contributed by atoms with Crippen LogP contribution in [0.2, 0.25) is 0 Å². The van der Waals surface area contributed by atoms with Crippen LogP contribution in [0.1, 0.15) is 10.4 Å². The predicted octanol–water partition coefficient (Wildman–Crippen LogP) is 0.610. The first kappa shape index (κ1) is 12.6. The minimum atomic E-state index is -1.03. The highest BCUT2D eigenvalue weighted by atomic mass is 79.9. The zero-order valence-corrected chi connectivity index (χ0v) is 10.7. The summed E-state index contributed by atoms with van der Waals surface area (Å²) in [5.74, 6) is -1.78. The summed E-state index contributed by atoms with van der Waals surface area (Å²) in [6, 6.07) is 4.44. The van der Waals surface area contributed by atoms with Crippen LogP contribution in [0.4, 0.5) is 5.69 Å². The van der Waals surface area contributed by atoms with Gasteiger partial charge < -0.3 is 10.0 Å². The Morgan fingerprint density at radius 1 is 1.28 bits per heavy atom. The van der Waals surface area contributed by atoms with Gasteiger partial charge in [0.1, 0.15) is 0 Å². The highest BCUT2D eigenvalue weighted by molar-refractivity contribution is 9.10. The maximum Gasteiger partial charge on any atom is 0.335 e. The summed E-state index contributed by atoms with van der Waals surface area (Å²) < 4.78 is 0.532. The van der Waals surface area contributed by atoms with Gasteiger partial charge in [-0.1, -0.05) is 0 Å². The molecule has 1 saturated heterocycles. The fourth-order valence-corrected chi connectivity index (χ4v) is 2.33. The van der Waals surface area contributed by atoms with Crippen LogP contribution in [-0.4, -0.2) is 36.0 Å². The first-order valence-corrected chi connectivity index (χ1v) is 5.87. The van der Waals surface area contributed by atoms with Crippen LogP contribution in [0, 0.1) is 0 Å². The number of hydrogen-bond donors (Lipinski definition) is 2. The van der Waals surface area contributed by atoms with Gasteiger partial charge in [-0.3, -0.25) is 14.9 Å². The molecule has 1 aliphatic heterocycles. The molecule has 1 heterocycles. The number of halogens is 1. The van der Waals surface area contributed by atoms with Crippen molar-refractivity contribution in [2.45, 2.75) is 0 Å². The highest BCUT2D eigenvalue weighted by Gasteiger charge is 2.24. The van der Waals surface area contributed by atoms with Crippen molar-refractivity contribution >= 4 is 39.4 Å². The summed E-state index contributed by atoms with van der Waals surface area (Å²) in [4.78, 5) is 34.9. The minimum absolute atomic E-state index is 0.0662. The molecule has 7 heteroatoms. The van der Waals surface area contributed by atoms with Crippen LogP contribution >= 0.6 is 15.9 Å². The summed E-state index contributed by atoms with van der Waals surface area (Å²) >= 11 is 3.24. The molecule has 0 aromatic heterocycles. The number of carbonyl (C=O) groups excluding carboxylic acids is 2. The summed E-state index contributed by atoms with van der Waals surface area (Å²) in [5.41, 5.74) is 0.751. The lowest BCUT2D eigenvalue weighted by Crippen LogP contribution is -2.51. The largest absolute Gasteiger partial charge is 0.478 e. The van der Waals surface area contributed by atoms with Crippen molar-refractivity contribution in [1.82, 2.24) is 5.32 Å². The standard InChI is InChI=1S/C11H9BrN2O4/c12-7-3-6(11(17)18)1-2-8(7)14-4-9(15)13-10(16)5-14/h1-3H,4-5H2,(H,17,18)(H,13,15,16). The van der Waals surface area contributed by atoms with E-state index < -0.39 is 5.97 Å². The monoisotopic (exact) mass is 312 g/mol. The van der Waals surface area contributed by atoms with Crippen LogP contribution in [0.3, 0.4) is 0 Å². The molecule has 2 amide bonds. The van der Waals surface area contributed by atoms with Crippen LogP contribution < -0.4 is 10.2 Å². The van der Waals surface area contributed by atoms with E-state index >= 15 is 0 Å². The number of piperazine rings is 1. The summed E-state index contributed by atoms with van der Waals surface area (Å²) in [6.07, 6.45) is 0. The Kier molecular flexibility index (Phi) is 3.33. The lowest BCUT2D eigenvalue weighted by molar-refractivity contribution is -0.130. The second-order valence-corrected chi connectivity index (χ2v) is 4.65. The number of nitrogens with one attached hydrogen (secondary N) is 1. The van der Waals surface area contributed by atoms with E-state index in [2.05, 4.69) is 21.2 Å². The van der Waals surface area contributed by atoms with Crippen LogP contribution in [-0.2, 0) is 9.59 Å². The maximum atomic E-state index is 11.3. The smallest absolute Gasteiger partial charge is 0.335 e. The zero-order chi connectivity index (χ0) is 13.3. The average molecular weight is 313 g/mol. The molecule has 0 saturated carbocycles. The topological polar surface area (TPSA) is 86.7 Å². The molecule has 0 unspecified atom stereocenters. The fraction of sp³-hybridized carbons (Fsp3) is 0.182. The lowest BCUT2D eigenvalue weighted by Gasteiger charge is -2.28. The van der Waals surface area contributed by atoms with Gasteiger partial charge in [-0.05, 0) is 34.1 Å². The number of aromatic carboxylic acids is 1. The van der Waals surface area contributed by atoms with E-state index in [1.54, 1.807) is 11.0 Å². The predicted molar refractivity (Wildman–Crippen MR) is 66.5 cm³/mol. The third-order valence-electron chi connectivity index (χ3n) is 2.48. The van der Waals surface area contributed by atoms with Crippen molar-refractivity contribution < 1.29 is 19.5 Å². The molecule has 0 atom stereocenters. The molecular weight excluding hydrogens is 304 g/mol. The van der Waals surface area contributed by atoms with Crippen molar-refractivity contribution in [2.24, 2.45) is 0 Å². The fourth-order valence-electron chi connectivity index (χ4n) is 1.70. The molecule has 2 N–H and O–H groups in total. The number of amides is 2. The van der Waals surface area contributed by atoms with Crippen LogP contribution in [0.5, 0.6) is 0 Å². The number of carbonyl (C=O) groups is 3. The molecule has 1 aliphatic rings. The summed E-state index contributed by atoms with van der Waals surface area (Å²) in [6.45, 7) is 0.132. The SMILES string of the molecule is O=C1CN(c2ccc(C(=O)O)cc2Br)CC(=O)N1. The van der Waals surface area contributed by atoms with Crippen LogP contribution in [0.25, 0.3) is 0 Å². The van der Waals surface area contributed by atoms with Crippen molar-refractivity contribution in [3.63, 3.8) is 0 Å². The Morgan fingerprint density at radius 3 is 2.39 bits per heavy atom. The summed E-state index contributed by atoms with van der Waals surface area (Å²) in [7, 11) is 0. The average Bonchev–Trinajstić information content (AvgIpc) is 2.27. The van der Waals surface area contributed by atoms with Gasteiger partial charge in [0.25, 0.3) is 0 Å². The molecule has 0 aliphatic carbocycles. The Balaban J connectivity index is 2.31. The molecule has 6 nitrogen and oxygen atoms in total. The number of carboxylic acid groups (broad SMARTS) is 1. The van der Waals surface area contributed by atoms with Gasteiger partial charge in [0, 0.05) is 4.47 Å². The van der Waals surface area contributed by atoms with Gasteiger partial charge in [0.05, 0.1) is 24.3 Å². The van der Waals surface area contributed by atoms with E-state index in [4.69, 9.17) is 5.11 Å². The Hall–Kier alpha value is -1.89. The Labute approximate surface area is 111 Å². The zero-order valence-electron chi connectivity index (χ0n) is 9.14. The molecule has 18 heavy (non-hydrogen) atoms. The van der Waals surface area contributed by atoms with E-state index in [0.717, 1.165) is 0 Å². The quantitative estimate of drug-likeness (QED) is 0.781. The lowest BCUT2D eigenvalue weighted by atomic mass is 10.2. The van der Waals surface area contributed by atoms with Crippen molar-refractivity contribution in [1.29, 1.82) is 0 Å². The Morgan fingerprint density at radius 2 is 1.89 bits per heavy atom. The first-order valence-electron chi connectivity index (χ1n) is 5.08. The van der Waals surface area contributed by atoms with Gasteiger partial charge in [0.15, 0.2) is 0 Å². The molecule has 1 fully saturated rings. The number of rotatable bonds is 2. The van der Waals surface area contributed by atoms with Gasteiger partial charge in [-0.25, -0.2) is 4.79 Å². The maximum absolute atomic E-state index is 11.3. The van der Waals surface area contributed by atoms with E-state index in [1.165, 1.54) is 12.1 Å². The molecule has 0 bridgehead atoms. The van der Waals surface area contributed by atoms with E-state index in [9.17, 15) is 14.4 Å². The molecule has 1 aromatic carbocycles. The molecule has 0 spiro atoms. The molecule has 2 rings (SSSR count). The van der Waals surface area contributed by atoms with E-state index in [0.29, 0.717) is 10.2 Å². The third-order valence-corrected chi connectivity index (χ3v) is 3.12. The van der Waals surface area contributed by atoms with Gasteiger partial charge in [0.2, 0.25) is 11.8 Å². The second-order valence-electron chi connectivity index (χ2n) is 3.80. The van der Waals surface area contributed by atoms with Crippen molar-refractivity contribution in [3.05, 3.63) is 28.2 Å². The van der Waals surface area contributed by atoms with Crippen molar-refractivity contribution in [3.8, 4) is 0 Å². The number of imide groups is 1. The van der Waals surface area contributed by atoms with E-state index in [-0.39, 0.29) is 30.5 Å². The van der Waals surface area contributed by atoms with Gasteiger partial charge in [-0.2, -0.15) is 0 Å². The number of hydrogen-bond acceptors (Lipinski definition) is 4. The van der Waals surface area contributed by atoms with Crippen LogP contribution in [0.15, 0.2) is 22.7 Å². The Bertz CT molecular complexity index is 528. The molecule has 0 radical (unpaired) electrons.